The van der Waals surface area contributed by atoms with E-state index in [2.05, 4.69) is 10.6 Å². The second kappa shape index (κ2) is 8.29. The van der Waals surface area contributed by atoms with E-state index < -0.39 is 17.5 Å². The Morgan fingerprint density at radius 3 is 2.31 bits per heavy atom. The van der Waals surface area contributed by atoms with Gasteiger partial charge in [0.1, 0.15) is 17.9 Å². The topological polar surface area (TPSA) is 78.5 Å². The lowest BCUT2D eigenvalue weighted by Crippen LogP contribution is -2.47. The molecule has 1 aromatic carbocycles. The molecule has 1 atom stereocenters. The van der Waals surface area contributed by atoms with Crippen molar-refractivity contribution < 1.29 is 18.8 Å². The normalized spacial score (nSPS) is 17.2. The summed E-state index contributed by atoms with van der Waals surface area (Å²) in [6.45, 7) is 5.34. The van der Waals surface area contributed by atoms with E-state index in [1.807, 2.05) is 13.8 Å². The van der Waals surface area contributed by atoms with Crippen LogP contribution in [0.3, 0.4) is 0 Å². The number of benzene rings is 1. The molecule has 0 radical (unpaired) electrons. The molecule has 1 aliphatic heterocycles. The molecule has 0 aliphatic carbocycles. The fourth-order valence-electron chi connectivity index (χ4n) is 3.40. The summed E-state index contributed by atoms with van der Waals surface area (Å²) in [6, 6.07) is 4.92. The number of halogens is 1. The highest BCUT2D eigenvalue weighted by atomic mass is 19.1. The van der Waals surface area contributed by atoms with Crippen LogP contribution < -0.4 is 10.6 Å². The average molecular weight is 363 g/mol. The van der Waals surface area contributed by atoms with Crippen LogP contribution in [0.15, 0.2) is 24.3 Å². The van der Waals surface area contributed by atoms with Crippen molar-refractivity contribution in [3.63, 3.8) is 0 Å². The smallest absolute Gasteiger partial charge is 0.325 e. The van der Waals surface area contributed by atoms with Crippen LogP contribution in [0.4, 0.5) is 9.18 Å². The van der Waals surface area contributed by atoms with Gasteiger partial charge in [0, 0.05) is 0 Å². The summed E-state index contributed by atoms with van der Waals surface area (Å²) >= 11 is 0. The number of imide groups is 1. The van der Waals surface area contributed by atoms with Crippen molar-refractivity contribution in [2.45, 2.75) is 58.0 Å². The minimum Gasteiger partial charge on any atom is -0.348 e. The maximum Gasteiger partial charge on any atom is 0.325 e. The van der Waals surface area contributed by atoms with Gasteiger partial charge in [0.25, 0.3) is 5.91 Å². The van der Waals surface area contributed by atoms with Crippen molar-refractivity contribution >= 4 is 17.8 Å². The zero-order chi connectivity index (χ0) is 19.3. The van der Waals surface area contributed by atoms with Crippen molar-refractivity contribution in [1.82, 2.24) is 15.5 Å². The largest absolute Gasteiger partial charge is 0.348 e. The van der Waals surface area contributed by atoms with E-state index in [1.165, 1.54) is 12.1 Å². The van der Waals surface area contributed by atoms with Gasteiger partial charge in [-0.25, -0.2) is 9.18 Å². The second-order valence-corrected chi connectivity index (χ2v) is 6.74. The van der Waals surface area contributed by atoms with E-state index in [1.54, 1.807) is 19.1 Å². The highest BCUT2D eigenvalue weighted by Gasteiger charge is 2.50. The van der Waals surface area contributed by atoms with Gasteiger partial charge in [-0.1, -0.05) is 38.8 Å². The second-order valence-electron chi connectivity index (χ2n) is 6.74. The summed E-state index contributed by atoms with van der Waals surface area (Å²) in [7, 11) is 0. The number of amides is 4. The third-order valence-electron chi connectivity index (χ3n) is 4.65. The number of hydrogen-bond donors (Lipinski definition) is 2. The van der Waals surface area contributed by atoms with Crippen LogP contribution in [0.5, 0.6) is 0 Å². The minimum absolute atomic E-state index is 0.328. The van der Waals surface area contributed by atoms with Crippen LogP contribution in [0, 0.1) is 5.82 Å². The lowest BCUT2D eigenvalue weighted by molar-refractivity contribution is -0.135. The van der Waals surface area contributed by atoms with Gasteiger partial charge in [-0.15, -0.1) is 0 Å². The van der Waals surface area contributed by atoms with Gasteiger partial charge < -0.3 is 10.6 Å². The Morgan fingerprint density at radius 2 is 1.77 bits per heavy atom. The molecule has 26 heavy (non-hydrogen) atoms. The summed E-state index contributed by atoms with van der Waals surface area (Å²) < 4.78 is 13.0. The van der Waals surface area contributed by atoms with Crippen molar-refractivity contribution in [2.75, 3.05) is 6.54 Å². The van der Waals surface area contributed by atoms with Crippen LogP contribution in [0.25, 0.3) is 0 Å². The molecule has 0 aromatic heterocycles. The molecule has 1 saturated heterocycles. The molecule has 0 spiro atoms. The molecule has 1 aromatic rings. The molecule has 7 heteroatoms. The molecular formula is C19H26FN3O3. The Hall–Kier alpha value is -2.44. The van der Waals surface area contributed by atoms with Crippen LogP contribution in [0.2, 0.25) is 0 Å². The van der Waals surface area contributed by atoms with Crippen molar-refractivity contribution in [3.8, 4) is 0 Å². The Bertz CT molecular complexity index is 669. The first kappa shape index (κ1) is 19.9. The first-order valence-corrected chi connectivity index (χ1v) is 9.02. The number of carbonyl (C=O) groups is 3. The van der Waals surface area contributed by atoms with Crippen molar-refractivity contribution in [1.29, 1.82) is 0 Å². The number of hydrogen-bond acceptors (Lipinski definition) is 3. The highest BCUT2D eigenvalue weighted by molar-refractivity contribution is 6.09. The van der Waals surface area contributed by atoms with E-state index in [0.29, 0.717) is 12.8 Å². The Balaban J connectivity index is 2.02. The molecule has 142 valence electrons. The highest BCUT2D eigenvalue weighted by Crippen LogP contribution is 2.28. The van der Waals surface area contributed by atoms with Crippen LogP contribution >= 0.6 is 0 Å². The number of nitrogens with zero attached hydrogens (tertiary/aromatic N) is 1. The average Bonchev–Trinajstić information content (AvgIpc) is 2.80. The Morgan fingerprint density at radius 1 is 1.19 bits per heavy atom. The zero-order valence-electron chi connectivity index (χ0n) is 15.5. The van der Waals surface area contributed by atoms with Crippen LogP contribution in [0.1, 0.15) is 58.1 Å². The molecule has 2 N–H and O–H groups in total. The maximum absolute atomic E-state index is 13.0. The molecule has 0 saturated carbocycles. The predicted octanol–water partition coefficient (Wildman–Crippen LogP) is 2.89. The summed E-state index contributed by atoms with van der Waals surface area (Å²) in [5, 5.41) is 5.52. The van der Waals surface area contributed by atoms with Gasteiger partial charge >= 0.3 is 6.03 Å². The van der Waals surface area contributed by atoms with Gasteiger partial charge in [-0.05, 0) is 37.5 Å². The Kier molecular flexibility index (Phi) is 6.34. The van der Waals surface area contributed by atoms with E-state index in [4.69, 9.17) is 0 Å². The summed E-state index contributed by atoms with van der Waals surface area (Å²) in [5.41, 5.74) is -0.160. The molecule has 1 heterocycles. The van der Waals surface area contributed by atoms with Gasteiger partial charge in [0.05, 0.1) is 6.04 Å². The first-order valence-electron chi connectivity index (χ1n) is 9.02. The molecule has 1 aliphatic rings. The maximum atomic E-state index is 13.0. The fraction of sp³-hybridized carbons (Fsp3) is 0.526. The molecule has 4 amide bonds. The number of carbonyl (C=O) groups excluding carboxylic acids is 3. The monoisotopic (exact) mass is 363 g/mol. The lowest BCUT2D eigenvalue weighted by atomic mass is 9.88. The van der Waals surface area contributed by atoms with Crippen molar-refractivity contribution in [3.05, 3.63) is 35.6 Å². The van der Waals surface area contributed by atoms with E-state index in [-0.39, 0.29) is 24.3 Å². The van der Waals surface area contributed by atoms with E-state index in [0.717, 1.165) is 23.3 Å². The first-order chi connectivity index (χ1) is 12.3. The molecule has 0 unspecified atom stereocenters. The van der Waals surface area contributed by atoms with Crippen molar-refractivity contribution in [2.24, 2.45) is 0 Å². The summed E-state index contributed by atoms with van der Waals surface area (Å²) in [4.78, 5) is 38.3. The molecule has 0 bridgehead atoms. The van der Waals surface area contributed by atoms with E-state index in [9.17, 15) is 18.8 Å². The van der Waals surface area contributed by atoms with Gasteiger partial charge in [0.2, 0.25) is 5.91 Å². The Labute approximate surface area is 153 Å². The molecular weight excluding hydrogens is 337 g/mol. The molecule has 1 fully saturated rings. The predicted molar refractivity (Wildman–Crippen MR) is 95.7 cm³/mol. The molecule has 6 nitrogen and oxygen atoms in total. The number of rotatable bonds is 8. The number of urea groups is 1. The van der Waals surface area contributed by atoms with Gasteiger partial charge in [0.15, 0.2) is 0 Å². The van der Waals surface area contributed by atoms with Crippen LogP contribution in [-0.2, 0) is 9.59 Å². The standard InChI is InChI=1S/C19H26FN3O3/c1-4-10-19(11-5-2)17(25)23(18(26)22-19)12-16(24)21-13(3)14-6-8-15(20)9-7-14/h6-9,13H,4-5,10-12H2,1-3H3,(H,21,24)(H,22,26)/t13-/m1/s1. The quantitative estimate of drug-likeness (QED) is 0.697. The fourth-order valence-corrected chi connectivity index (χ4v) is 3.40. The lowest BCUT2D eigenvalue weighted by Gasteiger charge is -2.25. The van der Waals surface area contributed by atoms with Gasteiger partial charge in [-0.3, -0.25) is 14.5 Å². The zero-order valence-corrected chi connectivity index (χ0v) is 15.5. The SMILES string of the molecule is CCCC1(CCC)NC(=O)N(CC(=O)N[C@H](C)c2ccc(F)cc2)C1=O. The van der Waals surface area contributed by atoms with Crippen LogP contribution in [-0.4, -0.2) is 34.8 Å². The third kappa shape index (κ3) is 4.20. The number of nitrogens with one attached hydrogen (secondary N) is 2. The summed E-state index contributed by atoms with van der Waals surface area (Å²) in [5.74, 6) is -1.13. The van der Waals surface area contributed by atoms with Gasteiger partial charge in [-0.2, -0.15) is 0 Å². The molecule has 2 rings (SSSR count). The third-order valence-corrected chi connectivity index (χ3v) is 4.65. The minimum atomic E-state index is -0.899. The van der Waals surface area contributed by atoms with E-state index >= 15 is 0 Å². The summed E-state index contributed by atoms with van der Waals surface area (Å²) in [6.07, 6.45) is 2.62.